The Hall–Kier alpha value is -2.35. The van der Waals surface area contributed by atoms with Crippen molar-refractivity contribution in [3.05, 3.63) is 34.1 Å². The molecule has 1 amide bonds. The zero-order valence-corrected chi connectivity index (χ0v) is 18.5. The summed E-state index contributed by atoms with van der Waals surface area (Å²) in [5, 5.41) is 3.42. The van der Waals surface area contributed by atoms with Crippen molar-refractivity contribution in [1.82, 2.24) is 14.9 Å². The third-order valence-corrected chi connectivity index (χ3v) is 5.50. The highest BCUT2D eigenvalue weighted by Gasteiger charge is 2.20. The van der Waals surface area contributed by atoms with Crippen LogP contribution in [-0.4, -0.2) is 40.3 Å². The fraction of sp³-hybridized carbons (Fsp3) is 0.524. The first-order valence-corrected chi connectivity index (χ1v) is 10.7. The highest BCUT2D eigenvalue weighted by molar-refractivity contribution is 8.00. The van der Waals surface area contributed by atoms with Crippen LogP contribution in [0.25, 0.3) is 10.9 Å². The number of ether oxygens (including phenoxy) is 1. The number of carbonyl (C=O) groups excluding carboxylic acids is 2. The summed E-state index contributed by atoms with van der Waals surface area (Å²) < 4.78 is 6.38. The van der Waals surface area contributed by atoms with Gasteiger partial charge in [0.1, 0.15) is 0 Å². The van der Waals surface area contributed by atoms with Gasteiger partial charge in [-0.15, -0.1) is 0 Å². The molecule has 0 saturated carbocycles. The molecule has 0 radical (unpaired) electrons. The van der Waals surface area contributed by atoms with Gasteiger partial charge in [-0.25, -0.2) is 9.78 Å². The van der Waals surface area contributed by atoms with Crippen molar-refractivity contribution in [2.45, 2.75) is 57.5 Å². The van der Waals surface area contributed by atoms with Gasteiger partial charge >= 0.3 is 5.97 Å². The Labute approximate surface area is 175 Å². The fourth-order valence-corrected chi connectivity index (χ4v) is 3.67. The van der Waals surface area contributed by atoms with E-state index in [0.29, 0.717) is 40.6 Å². The Balaban J connectivity index is 2.45. The first-order valence-electron chi connectivity index (χ1n) is 9.85. The number of nitrogens with zero attached hydrogens (tertiary/aromatic N) is 2. The topological polar surface area (TPSA) is 90.3 Å². The Morgan fingerprint density at radius 1 is 1.28 bits per heavy atom. The summed E-state index contributed by atoms with van der Waals surface area (Å²) in [4.78, 5) is 41.9. The molecule has 0 aliphatic rings. The van der Waals surface area contributed by atoms with E-state index in [1.807, 2.05) is 13.8 Å². The molecule has 1 N–H and O–H groups in total. The second-order valence-electron chi connectivity index (χ2n) is 7.33. The normalized spacial score (nSPS) is 12.2. The number of benzene rings is 1. The van der Waals surface area contributed by atoms with Crippen LogP contribution in [-0.2, 0) is 16.1 Å². The number of carbonyl (C=O) groups is 2. The van der Waals surface area contributed by atoms with Gasteiger partial charge in [0, 0.05) is 13.1 Å². The van der Waals surface area contributed by atoms with Crippen molar-refractivity contribution in [2.24, 2.45) is 5.92 Å². The number of rotatable bonds is 9. The molecule has 29 heavy (non-hydrogen) atoms. The summed E-state index contributed by atoms with van der Waals surface area (Å²) in [6.07, 6.45) is 1.76. The lowest BCUT2D eigenvalue weighted by molar-refractivity contribution is -0.120. The molecule has 0 unspecified atom stereocenters. The highest BCUT2D eigenvalue weighted by atomic mass is 32.2. The van der Waals surface area contributed by atoms with Crippen LogP contribution >= 0.6 is 11.8 Å². The van der Waals surface area contributed by atoms with Gasteiger partial charge in [0.15, 0.2) is 5.16 Å². The number of nitrogens with one attached hydrogen (secondary N) is 1. The predicted octanol–water partition coefficient (Wildman–Crippen LogP) is 3.24. The number of hydrogen-bond donors (Lipinski definition) is 1. The van der Waals surface area contributed by atoms with Crippen LogP contribution in [0.1, 0.15) is 50.9 Å². The highest BCUT2D eigenvalue weighted by Crippen LogP contribution is 2.24. The lowest BCUT2D eigenvalue weighted by Crippen LogP contribution is -2.34. The van der Waals surface area contributed by atoms with E-state index in [-0.39, 0.29) is 11.5 Å². The Morgan fingerprint density at radius 2 is 2.00 bits per heavy atom. The second-order valence-corrected chi connectivity index (χ2v) is 8.64. The molecule has 1 atom stereocenters. The van der Waals surface area contributed by atoms with E-state index in [2.05, 4.69) is 17.2 Å². The van der Waals surface area contributed by atoms with Crippen LogP contribution in [0.15, 0.2) is 28.2 Å². The maximum absolute atomic E-state index is 13.1. The number of aromatic nitrogens is 2. The molecule has 8 heteroatoms. The van der Waals surface area contributed by atoms with Gasteiger partial charge in [0.25, 0.3) is 5.56 Å². The molecule has 1 aromatic heterocycles. The minimum Gasteiger partial charge on any atom is -0.465 e. The summed E-state index contributed by atoms with van der Waals surface area (Å²) >= 11 is 1.25. The molecule has 2 rings (SSSR count). The molecule has 0 spiro atoms. The monoisotopic (exact) mass is 419 g/mol. The van der Waals surface area contributed by atoms with E-state index < -0.39 is 11.2 Å². The fourth-order valence-electron chi connectivity index (χ4n) is 2.71. The van der Waals surface area contributed by atoms with Gasteiger partial charge in [-0.2, -0.15) is 0 Å². The van der Waals surface area contributed by atoms with Crippen molar-refractivity contribution in [3.63, 3.8) is 0 Å². The van der Waals surface area contributed by atoms with Gasteiger partial charge in [-0.1, -0.05) is 39.0 Å². The van der Waals surface area contributed by atoms with E-state index in [1.54, 1.807) is 29.7 Å². The number of methoxy groups -OCH3 is 1. The van der Waals surface area contributed by atoms with Gasteiger partial charge in [-0.05, 0) is 37.5 Å². The van der Waals surface area contributed by atoms with Crippen molar-refractivity contribution >= 4 is 34.5 Å². The van der Waals surface area contributed by atoms with Crippen LogP contribution in [0.3, 0.4) is 0 Å². The van der Waals surface area contributed by atoms with E-state index in [1.165, 1.54) is 18.9 Å². The third kappa shape index (κ3) is 5.82. The molecule has 1 aromatic carbocycles. The van der Waals surface area contributed by atoms with Crippen LogP contribution in [0, 0.1) is 5.92 Å². The largest absolute Gasteiger partial charge is 0.465 e. The van der Waals surface area contributed by atoms with E-state index >= 15 is 0 Å². The number of esters is 1. The van der Waals surface area contributed by atoms with Gasteiger partial charge in [-0.3, -0.25) is 14.2 Å². The molecule has 158 valence electrons. The molecule has 2 aromatic rings. The van der Waals surface area contributed by atoms with Gasteiger partial charge < -0.3 is 10.1 Å². The molecule has 1 heterocycles. The lowest BCUT2D eigenvalue weighted by Gasteiger charge is -2.17. The van der Waals surface area contributed by atoms with Crippen molar-refractivity contribution in [1.29, 1.82) is 0 Å². The van der Waals surface area contributed by atoms with Crippen molar-refractivity contribution < 1.29 is 14.3 Å². The number of thioether (sulfide) groups is 1. The predicted molar refractivity (Wildman–Crippen MR) is 115 cm³/mol. The Morgan fingerprint density at radius 3 is 2.62 bits per heavy atom. The molecule has 0 aliphatic carbocycles. The standard InChI is InChI=1S/C21H29N3O4S/c1-6-7-10-24-19(26)16-9-8-15(20(27)28-5)11-17(16)23-21(24)29-14(4)18(25)22-12-13(2)3/h8-9,11,13-14H,6-7,10,12H2,1-5H3,(H,22,25)/t14-/m0/s1. The van der Waals surface area contributed by atoms with Gasteiger partial charge in [0.05, 0.1) is 28.8 Å². The molecular formula is C21H29N3O4S. The second kappa shape index (κ2) is 10.4. The number of hydrogen-bond acceptors (Lipinski definition) is 6. The maximum Gasteiger partial charge on any atom is 0.337 e. The smallest absolute Gasteiger partial charge is 0.337 e. The van der Waals surface area contributed by atoms with Gasteiger partial charge in [0.2, 0.25) is 5.91 Å². The van der Waals surface area contributed by atoms with Crippen molar-refractivity contribution in [3.8, 4) is 0 Å². The number of fused-ring (bicyclic) bond motifs is 1. The SMILES string of the molecule is CCCCn1c(S[C@@H](C)C(=O)NCC(C)C)nc2cc(C(=O)OC)ccc2c1=O. The summed E-state index contributed by atoms with van der Waals surface area (Å²) in [7, 11) is 1.31. The summed E-state index contributed by atoms with van der Waals surface area (Å²) in [6, 6.07) is 4.73. The minimum atomic E-state index is -0.487. The van der Waals surface area contributed by atoms with Crippen molar-refractivity contribution in [2.75, 3.05) is 13.7 Å². The molecule has 0 fully saturated rings. The molecule has 0 bridgehead atoms. The summed E-state index contributed by atoms with van der Waals surface area (Å²) in [5.74, 6) is -0.225. The Kier molecular flexibility index (Phi) is 8.25. The minimum absolute atomic E-state index is 0.0941. The van der Waals surface area contributed by atoms with Crippen LogP contribution in [0.2, 0.25) is 0 Å². The quantitative estimate of drug-likeness (QED) is 0.381. The first kappa shape index (κ1) is 22.9. The lowest BCUT2D eigenvalue weighted by atomic mass is 10.1. The summed E-state index contributed by atoms with van der Waals surface area (Å²) in [5.41, 5.74) is 0.581. The average Bonchev–Trinajstić information content (AvgIpc) is 2.70. The number of amides is 1. The zero-order chi connectivity index (χ0) is 21.6. The maximum atomic E-state index is 13.1. The molecule has 0 aliphatic heterocycles. The zero-order valence-electron chi connectivity index (χ0n) is 17.7. The number of unbranched alkanes of at least 4 members (excludes halogenated alkanes) is 1. The van der Waals surface area contributed by atoms with Crippen LogP contribution in [0.5, 0.6) is 0 Å². The molecular weight excluding hydrogens is 390 g/mol. The molecule has 7 nitrogen and oxygen atoms in total. The van der Waals surface area contributed by atoms with E-state index in [9.17, 15) is 14.4 Å². The van der Waals surface area contributed by atoms with Crippen LogP contribution in [0.4, 0.5) is 0 Å². The summed E-state index contributed by atoms with van der Waals surface area (Å²) in [6.45, 7) is 9.04. The van der Waals surface area contributed by atoms with E-state index in [4.69, 9.17) is 4.74 Å². The first-order chi connectivity index (χ1) is 13.8. The third-order valence-electron chi connectivity index (χ3n) is 4.41. The van der Waals surface area contributed by atoms with Crippen LogP contribution < -0.4 is 10.9 Å². The Bertz CT molecular complexity index is 939. The molecule has 0 saturated heterocycles. The van der Waals surface area contributed by atoms with E-state index in [0.717, 1.165) is 12.8 Å². The average molecular weight is 420 g/mol.